The fourth-order valence-electron chi connectivity index (χ4n) is 1.95. The van der Waals surface area contributed by atoms with E-state index in [1.807, 2.05) is 0 Å². The molecule has 3 unspecified atom stereocenters. The third-order valence-electron chi connectivity index (χ3n) is 3.30. The lowest BCUT2D eigenvalue weighted by Crippen LogP contribution is -2.57. The van der Waals surface area contributed by atoms with Crippen LogP contribution in [0.25, 0.3) is 0 Å². The molecule has 0 aliphatic heterocycles. The summed E-state index contributed by atoms with van der Waals surface area (Å²) in [6.07, 6.45) is 1.60. The molecule has 4 amide bonds. The van der Waals surface area contributed by atoms with Crippen molar-refractivity contribution in [2.45, 2.75) is 44.3 Å². The molecule has 25 heavy (non-hydrogen) atoms. The molecule has 0 aliphatic carbocycles. The van der Waals surface area contributed by atoms with Crippen molar-refractivity contribution in [1.29, 1.82) is 0 Å². The maximum Gasteiger partial charge on any atom is 0.244 e. The van der Waals surface area contributed by atoms with Gasteiger partial charge in [-0.05, 0) is 25.8 Å². The van der Waals surface area contributed by atoms with E-state index in [2.05, 4.69) is 41.2 Å². The largest absolute Gasteiger partial charge is 0.368 e. The zero-order valence-corrected chi connectivity index (χ0v) is 15.9. The Balaban J connectivity index is 5.01. The first-order valence-corrected chi connectivity index (χ1v) is 9.12. The number of unbranched alkanes of at least 4 members (excludes halogenated alkanes) is 1. The van der Waals surface area contributed by atoms with E-state index in [0.717, 1.165) is 0 Å². The molecule has 0 aliphatic rings. The third-order valence-corrected chi connectivity index (χ3v) is 4.03. The van der Waals surface area contributed by atoms with Gasteiger partial charge in [0.1, 0.15) is 18.1 Å². The molecule has 0 rings (SSSR count). The van der Waals surface area contributed by atoms with Gasteiger partial charge in [0, 0.05) is 18.4 Å². The van der Waals surface area contributed by atoms with Crippen LogP contribution >= 0.6 is 25.3 Å². The number of hydrogen-bond donors (Lipinski definition) is 7. The van der Waals surface area contributed by atoms with E-state index in [4.69, 9.17) is 11.5 Å². The Bertz CT molecular complexity index is 478. The number of hydrogen-bond acceptors (Lipinski definition) is 7. The second-order valence-electron chi connectivity index (χ2n) is 5.43. The normalized spacial score (nSPS) is 14.1. The lowest BCUT2D eigenvalue weighted by molar-refractivity contribution is -0.132. The van der Waals surface area contributed by atoms with E-state index in [1.165, 1.54) is 6.92 Å². The maximum atomic E-state index is 12.4. The summed E-state index contributed by atoms with van der Waals surface area (Å²) in [7, 11) is 0. The van der Waals surface area contributed by atoms with Crippen molar-refractivity contribution >= 4 is 48.9 Å². The van der Waals surface area contributed by atoms with Crippen LogP contribution in [0.2, 0.25) is 0 Å². The number of amides is 4. The summed E-state index contributed by atoms with van der Waals surface area (Å²) < 4.78 is 0. The van der Waals surface area contributed by atoms with Crippen LogP contribution in [0.4, 0.5) is 0 Å². The van der Waals surface area contributed by atoms with Crippen LogP contribution in [0.3, 0.4) is 0 Å². The molecule has 3 atom stereocenters. The number of rotatable bonds is 12. The molecule has 11 heteroatoms. The van der Waals surface area contributed by atoms with Crippen LogP contribution < -0.4 is 27.4 Å². The van der Waals surface area contributed by atoms with Crippen molar-refractivity contribution in [3.8, 4) is 0 Å². The predicted octanol–water partition coefficient (Wildman–Crippen LogP) is -2.07. The highest BCUT2D eigenvalue weighted by molar-refractivity contribution is 7.80. The van der Waals surface area contributed by atoms with Gasteiger partial charge in [-0.1, -0.05) is 0 Å². The highest BCUT2D eigenvalue weighted by Crippen LogP contribution is 2.03. The van der Waals surface area contributed by atoms with Gasteiger partial charge in [-0.2, -0.15) is 25.3 Å². The lowest BCUT2D eigenvalue weighted by atomic mass is 10.1. The molecule has 0 heterocycles. The first-order chi connectivity index (χ1) is 11.8. The molecule has 144 valence electrons. The predicted molar refractivity (Wildman–Crippen MR) is 101 cm³/mol. The van der Waals surface area contributed by atoms with E-state index in [9.17, 15) is 19.2 Å². The molecule has 7 N–H and O–H groups in total. The molecule has 0 saturated carbocycles. The Hall–Kier alpha value is -1.46. The summed E-state index contributed by atoms with van der Waals surface area (Å²) in [6.45, 7) is 1.73. The first-order valence-electron chi connectivity index (χ1n) is 7.85. The van der Waals surface area contributed by atoms with Gasteiger partial charge < -0.3 is 27.4 Å². The molecular weight excluding hydrogens is 366 g/mol. The smallest absolute Gasteiger partial charge is 0.244 e. The highest BCUT2D eigenvalue weighted by Gasteiger charge is 2.27. The number of thiol groups is 2. The number of nitrogens with two attached hydrogens (primary N) is 2. The summed E-state index contributed by atoms with van der Waals surface area (Å²) in [6, 6.07) is -2.71. The molecule has 0 aromatic heterocycles. The second kappa shape index (κ2) is 12.8. The van der Waals surface area contributed by atoms with Gasteiger partial charge in [0.05, 0.1) is 0 Å². The first kappa shape index (κ1) is 23.5. The Morgan fingerprint density at radius 1 is 0.880 bits per heavy atom. The molecule has 0 fully saturated rings. The monoisotopic (exact) mass is 393 g/mol. The average Bonchev–Trinajstić information content (AvgIpc) is 2.55. The van der Waals surface area contributed by atoms with Crippen LogP contribution in [0.5, 0.6) is 0 Å². The van der Waals surface area contributed by atoms with E-state index < -0.39 is 35.8 Å². The minimum absolute atomic E-state index is 0.0374. The topological polar surface area (TPSA) is 156 Å². The Morgan fingerprint density at radius 3 is 1.84 bits per heavy atom. The van der Waals surface area contributed by atoms with E-state index in [0.29, 0.717) is 25.8 Å². The second-order valence-corrected chi connectivity index (χ2v) is 6.16. The summed E-state index contributed by atoms with van der Waals surface area (Å²) in [5.74, 6) is -2.09. The molecule has 0 spiro atoms. The van der Waals surface area contributed by atoms with Gasteiger partial charge in [0.2, 0.25) is 23.6 Å². The van der Waals surface area contributed by atoms with Crippen molar-refractivity contribution in [1.82, 2.24) is 16.0 Å². The van der Waals surface area contributed by atoms with E-state index >= 15 is 0 Å². The zero-order chi connectivity index (χ0) is 19.4. The van der Waals surface area contributed by atoms with Crippen LogP contribution in [0.1, 0.15) is 26.2 Å². The molecule has 0 radical (unpaired) electrons. The summed E-state index contributed by atoms with van der Waals surface area (Å²) in [5.41, 5.74) is 10.6. The number of carbonyl (C=O) groups excluding carboxylic acids is 4. The van der Waals surface area contributed by atoms with Gasteiger partial charge in [0.15, 0.2) is 0 Å². The van der Waals surface area contributed by atoms with Crippen LogP contribution in [-0.4, -0.2) is 59.8 Å². The minimum atomic E-state index is -0.944. The molecule has 9 nitrogen and oxygen atoms in total. The minimum Gasteiger partial charge on any atom is -0.368 e. The van der Waals surface area contributed by atoms with Gasteiger partial charge in [0.25, 0.3) is 0 Å². The molecule has 0 saturated heterocycles. The van der Waals surface area contributed by atoms with Crippen LogP contribution in [0, 0.1) is 0 Å². The van der Waals surface area contributed by atoms with Crippen LogP contribution in [-0.2, 0) is 19.2 Å². The Morgan fingerprint density at radius 2 is 1.40 bits per heavy atom. The van der Waals surface area contributed by atoms with Gasteiger partial charge >= 0.3 is 0 Å². The van der Waals surface area contributed by atoms with Gasteiger partial charge in [-0.3, -0.25) is 19.2 Å². The zero-order valence-electron chi connectivity index (χ0n) is 14.2. The SMILES string of the molecule is CC(=O)NC(CS)C(=O)NC(CCCCN)C(=O)NC(CS)C(N)=O. The highest BCUT2D eigenvalue weighted by atomic mass is 32.1. The van der Waals surface area contributed by atoms with Crippen molar-refractivity contribution in [3.63, 3.8) is 0 Å². The standard InChI is InChI=1S/C14H27N5O4S2/c1-8(20)17-11(7-25)14(23)18-9(4-2-3-5-15)13(22)19-10(6-24)12(16)21/h9-11,24-25H,2-7,15H2,1H3,(H2,16,21)(H,17,20)(H,18,23)(H,19,22). The van der Waals surface area contributed by atoms with E-state index in [1.54, 1.807) is 0 Å². The Labute approximate surface area is 158 Å². The Kier molecular flexibility index (Phi) is 12.1. The van der Waals surface area contributed by atoms with Crippen molar-refractivity contribution in [2.24, 2.45) is 11.5 Å². The lowest BCUT2D eigenvalue weighted by Gasteiger charge is -2.23. The summed E-state index contributed by atoms with van der Waals surface area (Å²) in [4.78, 5) is 47.0. The van der Waals surface area contributed by atoms with Gasteiger partial charge in [-0.25, -0.2) is 0 Å². The fraction of sp³-hybridized carbons (Fsp3) is 0.714. The molecule has 0 bridgehead atoms. The van der Waals surface area contributed by atoms with E-state index in [-0.39, 0.29) is 17.4 Å². The average molecular weight is 394 g/mol. The number of carbonyl (C=O) groups is 4. The van der Waals surface area contributed by atoms with Crippen molar-refractivity contribution in [2.75, 3.05) is 18.1 Å². The molecule has 0 aromatic rings. The fourth-order valence-corrected chi connectivity index (χ4v) is 2.48. The number of primary amides is 1. The van der Waals surface area contributed by atoms with Gasteiger partial charge in [-0.15, -0.1) is 0 Å². The molecule has 0 aromatic carbocycles. The van der Waals surface area contributed by atoms with Crippen molar-refractivity contribution < 1.29 is 19.2 Å². The maximum absolute atomic E-state index is 12.4. The summed E-state index contributed by atoms with van der Waals surface area (Å²) in [5, 5.41) is 7.47. The van der Waals surface area contributed by atoms with Crippen LogP contribution in [0.15, 0.2) is 0 Å². The summed E-state index contributed by atoms with van der Waals surface area (Å²) >= 11 is 7.98. The number of nitrogens with one attached hydrogen (secondary N) is 3. The van der Waals surface area contributed by atoms with Crippen molar-refractivity contribution in [3.05, 3.63) is 0 Å². The third kappa shape index (κ3) is 9.56. The molecular formula is C14H27N5O4S2. The quantitative estimate of drug-likeness (QED) is 0.150.